The Bertz CT molecular complexity index is 354. The number of rotatable bonds is 6. The SMILES string of the molecule is CC(CCS(C)=O)NC(C)c1csc(Cl)c1. The molecule has 5 heteroatoms. The maximum atomic E-state index is 11.0. The van der Waals surface area contributed by atoms with Crippen LogP contribution in [0.4, 0.5) is 0 Å². The van der Waals surface area contributed by atoms with Crippen molar-refractivity contribution in [3.63, 3.8) is 0 Å². The second kappa shape index (κ2) is 6.74. The number of nitrogens with one attached hydrogen (secondary N) is 1. The first-order chi connectivity index (χ1) is 7.49. The summed E-state index contributed by atoms with van der Waals surface area (Å²) in [4.78, 5) is 0. The molecule has 0 saturated heterocycles. The number of hydrogen-bond acceptors (Lipinski definition) is 3. The first-order valence-corrected chi connectivity index (χ1v) is 8.27. The number of hydrogen-bond donors (Lipinski definition) is 1. The Balaban J connectivity index is 2.39. The highest BCUT2D eigenvalue weighted by Crippen LogP contribution is 2.24. The van der Waals surface area contributed by atoms with E-state index in [0.717, 1.165) is 16.5 Å². The second-order valence-electron chi connectivity index (χ2n) is 4.04. The second-order valence-corrected chi connectivity index (χ2v) is 7.14. The zero-order chi connectivity index (χ0) is 12.1. The van der Waals surface area contributed by atoms with Gasteiger partial charge in [-0.3, -0.25) is 4.21 Å². The van der Waals surface area contributed by atoms with Crippen molar-refractivity contribution in [1.29, 1.82) is 0 Å². The molecule has 92 valence electrons. The molecule has 0 aliphatic heterocycles. The third-order valence-corrected chi connectivity index (χ3v) is 4.38. The molecule has 3 unspecified atom stereocenters. The molecule has 0 radical (unpaired) electrons. The van der Waals surface area contributed by atoms with Gasteiger partial charge in [-0.05, 0) is 37.3 Å². The van der Waals surface area contributed by atoms with Gasteiger partial charge in [-0.2, -0.15) is 0 Å². The summed E-state index contributed by atoms with van der Waals surface area (Å²) in [5.74, 6) is 0.755. The van der Waals surface area contributed by atoms with E-state index in [1.54, 1.807) is 17.6 Å². The van der Waals surface area contributed by atoms with Crippen LogP contribution in [-0.4, -0.2) is 22.3 Å². The van der Waals surface area contributed by atoms with Crippen LogP contribution in [0.5, 0.6) is 0 Å². The van der Waals surface area contributed by atoms with Gasteiger partial charge in [0, 0.05) is 34.9 Å². The van der Waals surface area contributed by atoms with Gasteiger partial charge in [0.15, 0.2) is 0 Å². The predicted octanol–water partition coefficient (Wildman–Crippen LogP) is 3.21. The Kier molecular flexibility index (Phi) is 5.97. The van der Waals surface area contributed by atoms with Crippen molar-refractivity contribution in [2.24, 2.45) is 0 Å². The van der Waals surface area contributed by atoms with Crippen LogP contribution in [0.2, 0.25) is 4.34 Å². The molecule has 1 aromatic heterocycles. The molecule has 0 aromatic carbocycles. The Morgan fingerprint density at radius 2 is 2.25 bits per heavy atom. The Morgan fingerprint density at radius 3 is 2.75 bits per heavy atom. The largest absolute Gasteiger partial charge is 0.308 e. The lowest BCUT2D eigenvalue weighted by molar-refractivity contribution is 0.471. The van der Waals surface area contributed by atoms with E-state index in [-0.39, 0.29) is 0 Å². The molecule has 0 aliphatic carbocycles. The van der Waals surface area contributed by atoms with Crippen LogP contribution in [0, 0.1) is 0 Å². The van der Waals surface area contributed by atoms with Crippen molar-refractivity contribution < 1.29 is 4.21 Å². The fraction of sp³-hybridized carbons (Fsp3) is 0.636. The van der Waals surface area contributed by atoms with Crippen LogP contribution >= 0.6 is 22.9 Å². The minimum atomic E-state index is -0.700. The summed E-state index contributed by atoms with van der Waals surface area (Å²) in [5.41, 5.74) is 1.22. The van der Waals surface area contributed by atoms with Crippen molar-refractivity contribution in [3.05, 3.63) is 21.3 Å². The van der Waals surface area contributed by atoms with Crippen LogP contribution in [0.1, 0.15) is 31.9 Å². The van der Waals surface area contributed by atoms with E-state index in [2.05, 4.69) is 24.5 Å². The van der Waals surface area contributed by atoms with Gasteiger partial charge in [0.25, 0.3) is 0 Å². The van der Waals surface area contributed by atoms with Crippen molar-refractivity contribution in [3.8, 4) is 0 Å². The molecule has 3 atom stereocenters. The maximum absolute atomic E-state index is 11.0. The first-order valence-electron chi connectivity index (χ1n) is 5.29. The molecule has 1 aromatic rings. The Hall–Kier alpha value is 0.1000. The van der Waals surface area contributed by atoms with Crippen LogP contribution in [0.25, 0.3) is 0 Å². The average Bonchev–Trinajstić information content (AvgIpc) is 2.62. The Morgan fingerprint density at radius 1 is 1.56 bits per heavy atom. The third-order valence-electron chi connectivity index (χ3n) is 2.46. The highest BCUT2D eigenvalue weighted by molar-refractivity contribution is 7.84. The van der Waals surface area contributed by atoms with Crippen molar-refractivity contribution in [2.75, 3.05) is 12.0 Å². The fourth-order valence-electron chi connectivity index (χ4n) is 1.50. The molecule has 2 nitrogen and oxygen atoms in total. The van der Waals surface area contributed by atoms with Gasteiger partial charge in [0.05, 0.1) is 4.34 Å². The molecule has 1 N–H and O–H groups in total. The predicted molar refractivity (Wildman–Crippen MR) is 73.9 cm³/mol. The fourth-order valence-corrected chi connectivity index (χ4v) is 3.17. The van der Waals surface area contributed by atoms with E-state index in [4.69, 9.17) is 11.6 Å². The minimum Gasteiger partial charge on any atom is -0.308 e. The molecule has 0 spiro atoms. The van der Waals surface area contributed by atoms with Crippen molar-refractivity contribution in [1.82, 2.24) is 5.32 Å². The maximum Gasteiger partial charge on any atom is 0.0931 e. The third kappa shape index (κ3) is 4.95. The van der Waals surface area contributed by atoms with Crippen LogP contribution in [-0.2, 0) is 10.8 Å². The van der Waals surface area contributed by atoms with Crippen LogP contribution in [0.15, 0.2) is 11.4 Å². The van der Waals surface area contributed by atoms with E-state index < -0.39 is 10.8 Å². The first kappa shape index (κ1) is 14.2. The summed E-state index contributed by atoms with van der Waals surface area (Å²) in [6.07, 6.45) is 2.68. The van der Waals surface area contributed by atoms with Gasteiger partial charge in [0.1, 0.15) is 0 Å². The molecule has 0 amide bonds. The highest BCUT2D eigenvalue weighted by Gasteiger charge is 2.11. The molecule has 1 heterocycles. The monoisotopic (exact) mass is 279 g/mol. The van der Waals surface area contributed by atoms with Gasteiger partial charge in [0.2, 0.25) is 0 Å². The molecule has 0 fully saturated rings. The molecule has 1 rings (SSSR count). The molecular weight excluding hydrogens is 262 g/mol. The molecule has 0 bridgehead atoms. The van der Waals surface area contributed by atoms with E-state index in [9.17, 15) is 4.21 Å². The van der Waals surface area contributed by atoms with Crippen molar-refractivity contribution >= 4 is 33.7 Å². The molecule has 16 heavy (non-hydrogen) atoms. The summed E-state index contributed by atoms with van der Waals surface area (Å²) in [6.45, 7) is 4.25. The van der Waals surface area contributed by atoms with Crippen molar-refractivity contribution in [2.45, 2.75) is 32.4 Å². The highest BCUT2D eigenvalue weighted by atomic mass is 35.5. The summed E-state index contributed by atoms with van der Waals surface area (Å²) < 4.78 is 11.8. The normalized spacial score (nSPS) is 17.0. The smallest absolute Gasteiger partial charge is 0.0931 e. The van der Waals surface area contributed by atoms with Gasteiger partial charge < -0.3 is 5.32 Å². The number of halogens is 1. The van der Waals surface area contributed by atoms with Crippen LogP contribution in [0.3, 0.4) is 0 Å². The quantitative estimate of drug-likeness (QED) is 0.866. The standard InChI is InChI=1S/C11H18ClNOS2/c1-8(4-5-16(3)14)13-9(2)10-6-11(12)15-7-10/h6-9,13H,4-5H2,1-3H3. The van der Waals surface area contributed by atoms with Gasteiger partial charge in [-0.1, -0.05) is 11.6 Å². The Labute approximate surface area is 109 Å². The van der Waals surface area contributed by atoms with E-state index >= 15 is 0 Å². The zero-order valence-corrected chi connectivity index (χ0v) is 12.2. The summed E-state index contributed by atoms with van der Waals surface area (Å²) in [7, 11) is -0.700. The minimum absolute atomic E-state index is 0.295. The number of thiophene rings is 1. The molecule has 0 aliphatic rings. The lowest BCUT2D eigenvalue weighted by atomic mass is 10.1. The topological polar surface area (TPSA) is 29.1 Å². The van der Waals surface area contributed by atoms with Crippen LogP contribution < -0.4 is 5.32 Å². The average molecular weight is 280 g/mol. The lowest BCUT2D eigenvalue weighted by Gasteiger charge is -2.18. The summed E-state index contributed by atoms with van der Waals surface area (Å²) >= 11 is 7.45. The summed E-state index contributed by atoms with van der Waals surface area (Å²) in [5, 5.41) is 5.55. The molecular formula is C11H18ClNOS2. The molecule has 0 saturated carbocycles. The van der Waals surface area contributed by atoms with Gasteiger partial charge in [-0.15, -0.1) is 11.3 Å². The van der Waals surface area contributed by atoms with Gasteiger partial charge >= 0.3 is 0 Å². The zero-order valence-electron chi connectivity index (χ0n) is 9.83. The van der Waals surface area contributed by atoms with E-state index in [1.807, 2.05) is 6.07 Å². The summed E-state index contributed by atoms with van der Waals surface area (Å²) in [6, 6.07) is 2.66. The lowest BCUT2D eigenvalue weighted by Crippen LogP contribution is -2.29. The van der Waals surface area contributed by atoms with Gasteiger partial charge in [-0.25, -0.2) is 0 Å². The van der Waals surface area contributed by atoms with E-state index in [1.165, 1.54) is 5.56 Å². The van der Waals surface area contributed by atoms with E-state index in [0.29, 0.717) is 12.1 Å².